The van der Waals surface area contributed by atoms with Crippen molar-refractivity contribution in [1.82, 2.24) is 4.90 Å². The number of para-hydroxylation sites is 1. The van der Waals surface area contributed by atoms with E-state index in [1.54, 1.807) is 4.90 Å². The molecule has 0 aliphatic carbocycles. The summed E-state index contributed by atoms with van der Waals surface area (Å²) in [7, 11) is 0. The number of anilines is 2. The van der Waals surface area contributed by atoms with E-state index in [4.69, 9.17) is 0 Å². The molecule has 0 spiro atoms. The number of benzene rings is 2. The number of likely N-dealkylation sites (tertiary alicyclic amines) is 1. The van der Waals surface area contributed by atoms with Crippen molar-refractivity contribution in [3.8, 4) is 0 Å². The molecule has 3 amide bonds. The van der Waals surface area contributed by atoms with Crippen molar-refractivity contribution in [3.63, 3.8) is 0 Å². The summed E-state index contributed by atoms with van der Waals surface area (Å²) < 4.78 is 0. The highest BCUT2D eigenvalue weighted by atomic mass is 32.2. The fourth-order valence-corrected chi connectivity index (χ4v) is 4.88. The predicted octanol–water partition coefficient (Wildman–Crippen LogP) is 3.59. The third-order valence-electron chi connectivity index (χ3n) is 5.80. The number of nitrogens with one attached hydrogen (secondary N) is 2. The number of hydrogen-bond acceptors (Lipinski definition) is 4. The molecule has 1 atom stereocenters. The molecule has 2 aliphatic rings. The van der Waals surface area contributed by atoms with Gasteiger partial charge in [-0.05, 0) is 62.1 Å². The van der Waals surface area contributed by atoms with E-state index < -0.39 is 5.25 Å². The van der Waals surface area contributed by atoms with E-state index in [0.717, 1.165) is 21.8 Å². The van der Waals surface area contributed by atoms with Crippen molar-refractivity contribution in [3.05, 3.63) is 53.6 Å². The summed E-state index contributed by atoms with van der Waals surface area (Å²) in [4.78, 5) is 40.6. The van der Waals surface area contributed by atoms with Crippen molar-refractivity contribution in [1.29, 1.82) is 0 Å². The van der Waals surface area contributed by atoms with Gasteiger partial charge in [0.15, 0.2) is 5.25 Å². The number of nitrogens with zero attached hydrogens (tertiary/aromatic N) is 1. The summed E-state index contributed by atoms with van der Waals surface area (Å²) in [6.45, 7) is 5.02. The third kappa shape index (κ3) is 4.21. The second-order valence-electron chi connectivity index (χ2n) is 7.87. The van der Waals surface area contributed by atoms with Crippen LogP contribution in [-0.4, -0.2) is 41.0 Å². The lowest BCUT2D eigenvalue weighted by atomic mass is 9.95. The Morgan fingerprint density at radius 1 is 1.07 bits per heavy atom. The molecule has 2 aromatic carbocycles. The minimum atomic E-state index is -0.777. The molecule has 0 aromatic heterocycles. The molecule has 1 saturated heterocycles. The van der Waals surface area contributed by atoms with Gasteiger partial charge in [-0.1, -0.05) is 18.2 Å². The molecular weight excluding hydrogens is 398 g/mol. The smallest absolute Gasteiger partial charge is 0.247 e. The maximum atomic E-state index is 13.0. The molecule has 2 aliphatic heterocycles. The van der Waals surface area contributed by atoms with Crippen molar-refractivity contribution in [2.75, 3.05) is 23.7 Å². The minimum absolute atomic E-state index is 0.0101. The summed E-state index contributed by atoms with van der Waals surface area (Å²) in [5.74, 6) is -0.605. The molecule has 7 heteroatoms. The molecule has 0 unspecified atom stereocenters. The minimum Gasteiger partial charge on any atom is -0.341 e. The molecule has 4 rings (SSSR count). The molecule has 6 nitrogen and oxygen atoms in total. The fraction of sp³-hybridized carbons (Fsp3) is 0.348. The lowest BCUT2D eigenvalue weighted by Gasteiger charge is -2.34. The van der Waals surface area contributed by atoms with Crippen molar-refractivity contribution < 1.29 is 14.4 Å². The van der Waals surface area contributed by atoms with E-state index in [1.807, 2.05) is 56.3 Å². The summed E-state index contributed by atoms with van der Waals surface area (Å²) in [5, 5.41) is 5.04. The average molecular weight is 424 g/mol. The Kier molecular flexibility index (Phi) is 5.81. The summed E-state index contributed by atoms with van der Waals surface area (Å²) in [6, 6.07) is 13.4. The van der Waals surface area contributed by atoms with Gasteiger partial charge in [0.25, 0.3) is 0 Å². The summed E-state index contributed by atoms with van der Waals surface area (Å²) in [6.07, 6.45) is 1.19. The third-order valence-corrected chi connectivity index (χ3v) is 7.07. The number of carbonyl (C=O) groups excluding carboxylic acids is 3. The topological polar surface area (TPSA) is 78.5 Å². The van der Waals surface area contributed by atoms with E-state index >= 15 is 0 Å². The van der Waals surface area contributed by atoms with Crippen LogP contribution in [0.15, 0.2) is 47.4 Å². The van der Waals surface area contributed by atoms with Crippen LogP contribution in [0.4, 0.5) is 11.4 Å². The first-order chi connectivity index (χ1) is 14.4. The van der Waals surface area contributed by atoms with Gasteiger partial charge in [0.2, 0.25) is 17.7 Å². The highest BCUT2D eigenvalue weighted by Gasteiger charge is 2.37. The molecule has 30 heavy (non-hydrogen) atoms. The van der Waals surface area contributed by atoms with Gasteiger partial charge in [0, 0.05) is 29.6 Å². The second kappa shape index (κ2) is 8.52. The van der Waals surface area contributed by atoms with Gasteiger partial charge in [0.1, 0.15) is 0 Å². The van der Waals surface area contributed by atoms with Gasteiger partial charge in [-0.2, -0.15) is 0 Å². The molecule has 0 saturated carbocycles. The van der Waals surface area contributed by atoms with Gasteiger partial charge in [0.05, 0.1) is 5.69 Å². The number of rotatable bonds is 3. The number of aryl methyl sites for hydroxylation is 2. The number of thioether (sulfide) groups is 1. The highest BCUT2D eigenvalue weighted by Crippen LogP contribution is 2.36. The Balaban J connectivity index is 1.34. The van der Waals surface area contributed by atoms with Gasteiger partial charge in [-0.15, -0.1) is 11.8 Å². The van der Waals surface area contributed by atoms with Crippen LogP contribution in [0.5, 0.6) is 0 Å². The normalized spacial score (nSPS) is 19.1. The van der Waals surface area contributed by atoms with Gasteiger partial charge < -0.3 is 15.5 Å². The maximum absolute atomic E-state index is 13.0. The first kappa shape index (κ1) is 20.5. The monoisotopic (exact) mass is 423 g/mol. The molecule has 1 fully saturated rings. The largest absolute Gasteiger partial charge is 0.341 e. The first-order valence-electron chi connectivity index (χ1n) is 10.2. The highest BCUT2D eigenvalue weighted by molar-refractivity contribution is 8.01. The standard InChI is InChI=1S/C23H25N3O3S/c1-14-7-8-17(13-15(14)2)24-21(27)16-9-11-26(12-10-16)23(29)20-22(28)25-18-5-3-4-6-19(18)30-20/h3-8,13,16,20H,9-12H2,1-2H3,(H,24,27)(H,25,28)/t20-/m0/s1. The molecule has 156 valence electrons. The van der Waals surface area contributed by atoms with Crippen LogP contribution in [0.2, 0.25) is 0 Å². The van der Waals surface area contributed by atoms with Crippen LogP contribution < -0.4 is 10.6 Å². The zero-order chi connectivity index (χ0) is 21.3. The molecule has 2 heterocycles. The first-order valence-corrected chi connectivity index (χ1v) is 11.0. The van der Waals surface area contributed by atoms with Crippen molar-refractivity contribution in [2.45, 2.75) is 36.8 Å². The number of hydrogen-bond donors (Lipinski definition) is 2. The van der Waals surface area contributed by atoms with E-state index in [9.17, 15) is 14.4 Å². The Morgan fingerprint density at radius 2 is 1.80 bits per heavy atom. The Labute approximate surface area is 180 Å². The molecule has 0 radical (unpaired) electrons. The SMILES string of the molecule is Cc1ccc(NC(=O)C2CCN(C(=O)[C@H]3Sc4ccccc4NC3=O)CC2)cc1C. The van der Waals surface area contributed by atoms with Crippen molar-refractivity contribution in [2.24, 2.45) is 5.92 Å². The maximum Gasteiger partial charge on any atom is 0.247 e. The zero-order valence-electron chi connectivity index (χ0n) is 17.1. The number of amides is 3. The lowest BCUT2D eigenvalue weighted by Crippen LogP contribution is -2.48. The van der Waals surface area contributed by atoms with Gasteiger partial charge >= 0.3 is 0 Å². The van der Waals surface area contributed by atoms with E-state index in [2.05, 4.69) is 10.6 Å². The van der Waals surface area contributed by atoms with Crippen LogP contribution >= 0.6 is 11.8 Å². The average Bonchev–Trinajstić information content (AvgIpc) is 2.75. The summed E-state index contributed by atoms with van der Waals surface area (Å²) in [5.41, 5.74) is 3.87. The Morgan fingerprint density at radius 3 is 2.53 bits per heavy atom. The molecule has 2 aromatic rings. The number of piperidine rings is 1. The van der Waals surface area contributed by atoms with Crippen LogP contribution in [0.25, 0.3) is 0 Å². The van der Waals surface area contributed by atoms with E-state index in [-0.39, 0.29) is 23.6 Å². The number of fused-ring (bicyclic) bond motifs is 1. The van der Waals surface area contributed by atoms with Crippen LogP contribution in [0.3, 0.4) is 0 Å². The molecule has 0 bridgehead atoms. The van der Waals surface area contributed by atoms with Crippen LogP contribution in [0, 0.1) is 19.8 Å². The quantitative estimate of drug-likeness (QED) is 0.740. The summed E-state index contributed by atoms with van der Waals surface area (Å²) >= 11 is 1.30. The van der Waals surface area contributed by atoms with E-state index in [1.165, 1.54) is 17.3 Å². The van der Waals surface area contributed by atoms with Crippen LogP contribution in [0.1, 0.15) is 24.0 Å². The van der Waals surface area contributed by atoms with E-state index in [0.29, 0.717) is 25.9 Å². The molecular formula is C23H25N3O3S. The van der Waals surface area contributed by atoms with Crippen molar-refractivity contribution >= 4 is 40.9 Å². The van der Waals surface area contributed by atoms with Gasteiger partial charge in [-0.3, -0.25) is 14.4 Å². The second-order valence-corrected chi connectivity index (χ2v) is 9.02. The lowest BCUT2D eigenvalue weighted by molar-refractivity contribution is -0.136. The number of carbonyl (C=O) groups is 3. The molecule has 2 N–H and O–H groups in total. The zero-order valence-corrected chi connectivity index (χ0v) is 17.9. The Bertz CT molecular complexity index is 999. The van der Waals surface area contributed by atoms with Gasteiger partial charge in [-0.25, -0.2) is 0 Å². The predicted molar refractivity (Wildman–Crippen MR) is 119 cm³/mol. The fourth-order valence-electron chi connectivity index (χ4n) is 3.81. The van der Waals surface area contributed by atoms with Crippen LogP contribution in [-0.2, 0) is 14.4 Å². The Hall–Kier alpha value is -2.80.